The van der Waals surface area contributed by atoms with Crippen LogP contribution in [0.25, 0.3) is 10.2 Å². The van der Waals surface area contributed by atoms with Crippen LogP contribution in [0.3, 0.4) is 0 Å². The minimum Gasteiger partial charge on any atom is -0.494 e. The summed E-state index contributed by atoms with van der Waals surface area (Å²) >= 11 is 1.43. The number of nitrogens with zero attached hydrogens (tertiary/aromatic N) is 3. The SMILES string of the molecule is CCOc1ccc(NC(=O)c2sc3ncnc(N4CCCCCC4)c3c2C)cc1. The Bertz CT molecular complexity index is 992. The van der Waals surface area contributed by atoms with Gasteiger partial charge >= 0.3 is 0 Å². The number of hydrogen-bond donors (Lipinski definition) is 1. The molecule has 0 atom stereocenters. The van der Waals surface area contributed by atoms with Crippen LogP contribution in [0.4, 0.5) is 11.5 Å². The second-order valence-electron chi connectivity index (χ2n) is 7.25. The molecule has 7 heteroatoms. The van der Waals surface area contributed by atoms with Crippen molar-refractivity contribution in [2.45, 2.75) is 39.5 Å². The van der Waals surface area contributed by atoms with Gasteiger partial charge in [0.05, 0.1) is 16.9 Å². The first-order chi connectivity index (χ1) is 14.2. The minimum absolute atomic E-state index is 0.114. The Hall–Kier alpha value is -2.67. The van der Waals surface area contributed by atoms with Gasteiger partial charge in [0.15, 0.2) is 0 Å². The number of thiophene rings is 1. The largest absolute Gasteiger partial charge is 0.494 e. The van der Waals surface area contributed by atoms with Crippen LogP contribution < -0.4 is 15.0 Å². The number of aryl methyl sites for hydroxylation is 1. The molecular weight excluding hydrogens is 384 g/mol. The summed E-state index contributed by atoms with van der Waals surface area (Å²) in [6.45, 7) is 6.58. The van der Waals surface area contributed by atoms with Crippen LogP contribution >= 0.6 is 11.3 Å². The summed E-state index contributed by atoms with van der Waals surface area (Å²) < 4.78 is 5.46. The van der Waals surface area contributed by atoms with Crippen LogP contribution in [0.1, 0.15) is 47.8 Å². The predicted molar refractivity (Wildman–Crippen MR) is 118 cm³/mol. The molecule has 1 N–H and O–H groups in total. The zero-order valence-corrected chi connectivity index (χ0v) is 17.7. The summed E-state index contributed by atoms with van der Waals surface area (Å²) in [7, 11) is 0. The number of carbonyl (C=O) groups excluding carboxylic acids is 1. The number of rotatable bonds is 5. The number of nitrogens with one attached hydrogen (secondary N) is 1. The highest BCUT2D eigenvalue weighted by atomic mass is 32.1. The third-order valence-electron chi connectivity index (χ3n) is 5.24. The first-order valence-electron chi connectivity index (χ1n) is 10.2. The molecule has 1 aromatic carbocycles. The van der Waals surface area contributed by atoms with Crippen molar-refractivity contribution < 1.29 is 9.53 Å². The molecule has 1 saturated heterocycles. The smallest absolute Gasteiger partial charge is 0.266 e. The molecule has 3 heterocycles. The zero-order valence-electron chi connectivity index (χ0n) is 16.9. The van der Waals surface area contributed by atoms with Gasteiger partial charge in [-0.2, -0.15) is 0 Å². The lowest BCUT2D eigenvalue weighted by atomic mass is 10.1. The van der Waals surface area contributed by atoms with Gasteiger partial charge in [0, 0.05) is 18.8 Å². The molecule has 1 amide bonds. The van der Waals surface area contributed by atoms with Gasteiger partial charge in [-0.1, -0.05) is 12.8 Å². The van der Waals surface area contributed by atoms with Crippen molar-refractivity contribution in [3.63, 3.8) is 0 Å². The summed E-state index contributed by atoms with van der Waals surface area (Å²) in [6.07, 6.45) is 6.51. The maximum absolute atomic E-state index is 13.0. The van der Waals surface area contributed by atoms with E-state index in [1.165, 1.54) is 37.0 Å². The van der Waals surface area contributed by atoms with E-state index in [1.807, 2.05) is 38.1 Å². The number of carbonyl (C=O) groups is 1. The molecule has 0 unspecified atom stereocenters. The summed E-state index contributed by atoms with van der Waals surface area (Å²) in [5.41, 5.74) is 1.70. The number of hydrogen-bond acceptors (Lipinski definition) is 6. The first-order valence-corrected chi connectivity index (χ1v) is 11.0. The van der Waals surface area contributed by atoms with Gasteiger partial charge in [0.25, 0.3) is 5.91 Å². The molecule has 3 aromatic rings. The topological polar surface area (TPSA) is 67.3 Å². The van der Waals surface area contributed by atoms with Gasteiger partial charge in [-0.15, -0.1) is 11.3 Å². The second-order valence-corrected chi connectivity index (χ2v) is 8.25. The Kier molecular flexibility index (Phi) is 5.94. The average Bonchev–Trinajstić information content (AvgIpc) is 2.91. The minimum atomic E-state index is -0.114. The molecule has 0 saturated carbocycles. The molecule has 1 fully saturated rings. The Labute approximate surface area is 174 Å². The van der Waals surface area contributed by atoms with Crippen LogP contribution in [0, 0.1) is 6.92 Å². The third-order valence-corrected chi connectivity index (χ3v) is 6.44. The van der Waals surface area contributed by atoms with E-state index in [4.69, 9.17) is 4.74 Å². The lowest BCUT2D eigenvalue weighted by Crippen LogP contribution is -2.25. The molecule has 0 bridgehead atoms. The van der Waals surface area contributed by atoms with Crippen molar-refractivity contribution in [2.24, 2.45) is 0 Å². The molecule has 152 valence electrons. The zero-order chi connectivity index (χ0) is 20.2. The molecule has 1 aliphatic heterocycles. The Balaban J connectivity index is 1.61. The van der Waals surface area contributed by atoms with Crippen molar-refractivity contribution in [1.29, 1.82) is 0 Å². The summed E-state index contributed by atoms with van der Waals surface area (Å²) in [5, 5.41) is 4.00. The van der Waals surface area contributed by atoms with Gasteiger partial charge in [-0.05, 0) is 56.5 Å². The van der Waals surface area contributed by atoms with E-state index in [0.29, 0.717) is 11.5 Å². The van der Waals surface area contributed by atoms with E-state index in [9.17, 15) is 4.79 Å². The van der Waals surface area contributed by atoms with Crippen LogP contribution in [0.5, 0.6) is 5.75 Å². The fourth-order valence-electron chi connectivity index (χ4n) is 3.78. The van der Waals surface area contributed by atoms with Crippen molar-refractivity contribution in [1.82, 2.24) is 9.97 Å². The monoisotopic (exact) mass is 410 g/mol. The maximum Gasteiger partial charge on any atom is 0.266 e. The van der Waals surface area contributed by atoms with Gasteiger partial charge in [0.1, 0.15) is 22.7 Å². The number of benzene rings is 1. The Morgan fingerprint density at radius 2 is 1.86 bits per heavy atom. The molecule has 0 aliphatic carbocycles. The summed E-state index contributed by atoms with van der Waals surface area (Å²) in [5.74, 6) is 1.64. The van der Waals surface area contributed by atoms with Gasteiger partial charge in [-0.3, -0.25) is 4.79 Å². The van der Waals surface area contributed by atoms with Crippen molar-refractivity contribution in [3.8, 4) is 5.75 Å². The highest BCUT2D eigenvalue weighted by Gasteiger charge is 2.22. The molecule has 2 aromatic heterocycles. The number of amides is 1. The molecule has 0 spiro atoms. The lowest BCUT2D eigenvalue weighted by molar-refractivity contribution is 0.103. The van der Waals surface area contributed by atoms with E-state index in [2.05, 4.69) is 20.2 Å². The molecule has 29 heavy (non-hydrogen) atoms. The highest BCUT2D eigenvalue weighted by molar-refractivity contribution is 7.20. The Morgan fingerprint density at radius 1 is 1.14 bits per heavy atom. The molecule has 1 aliphatic rings. The average molecular weight is 411 g/mol. The van der Waals surface area contributed by atoms with Gasteiger partial charge in [-0.25, -0.2) is 9.97 Å². The fraction of sp³-hybridized carbons (Fsp3) is 0.409. The quantitative estimate of drug-likeness (QED) is 0.639. The molecule has 6 nitrogen and oxygen atoms in total. The van der Waals surface area contributed by atoms with Crippen LogP contribution in [0.15, 0.2) is 30.6 Å². The highest BCUT2D eigenvalue weighted by Crippen LogP contribution is 2.36. The number of aromatic nitrogens is 2. The van der Waals surface area contributed by atoms with Crippen molar-refractivity contribution >= 4 is 39.0 Å². The van der Waals surface area contributed by atoms with Crippen molar-refractivity contribution in [3.05, 3.63) is 41.0 Å². The van der Waals surface area contributed by atoms with Gasteiger partial charge in [0.2, 0.25) is 0 Å². The normalized spacial score (nSPS) is 14.6. The first kappa shape index (κ1) is 19.6. The number of ether oxygens (including phenoxy) is 1. The van der Waals surface area contributed by atoms with Crippen LogP contribution in [-0.2, 0) is 0 Å². The maximum atomic E-state index is 13.0. The molecular formula is C22H26N4O2S. The van der Waals surface area contributed by atoms with Crippen molar-refractivity contribution in [2.75, 3.05) is 29.9 Å². The van der Waals surface area contributed by atoms with E-state index in [0.717, 1.165) is 46.1 Å². The number of anilines is 2. The standard InChI is InChI=1S/C22H26N4O2S/c1-3-28-17-10-8-16(9-11-17)25-21(27)19-15(2)18-20(23-14-24-22(18)29-19)26-12-6-4-5-7-13-26/h8-11,14H,3-7,12-13H2,1-2H3,(H,25,27). The molecule has 0 radical (unpaired) electrons. The lowest BCUT2D eigenvalue weighted by Gasteiger charge is -2.22. The number of fused-ring (bicyclic) bond motifs is 1. The van der Waals surface area contributed by atoms with E-state index >= 15 is 0 Å². The van der Waals surface area contributed by atoms with Gasteiger partial charge < -0.3 is 15.0 Å². The molecule has 4 rings (SSSR count). The predicted octanol–water partition coefficient (Wildman–Crippen LogP) is 5.03. The van der Waals surface area contributed by atoms with E-state index in [-0.39, 0.29) is 5.91 Å². The summed E-state index contributed by atoms with van der Waals surface area (Å²) in [4.78, 5) is 25.9. The summed E-state index contributed by atoms with van der Waals surface area (Å²) in [6, 6.07) is 7.43. The third kappa shape index (κ3) is 4.19. The van der Waals surface area contributed by atoms with Crippen LogP contribution in [0.2, 0.25) is 0 Å². The Morgan fingerprint density at radius 3 is 2.55 bits per heavy atom. The second kappa shape index (κ2) is 8.78. The van der Waals surface area contributed by atoms with Crippen LogP contribution in [-0.4, -0.2) is 35.6 Å². The van der Waals surface area contributed by atoms with E-state index in [1.54, 1.807) is 6.33 Å². The van der Waals surface area contributed by atoms with E-state index < -0.39 is 0 Å². The fourth-order valence-corrected chi connectivity index (χ4v) is 4.82.